The van der Waals surface area contributed by atoms with E-state index in [1.54, 1.807) is 0 Å². The van der Waals surface area contributed by atoms with Gasteiger partial charge in [-0.05, 0) is 25.5 Å². The quantitative estimate of drug-likeness (QED) is 0.876. The predicted molar refractivity (Wildman–Crippen MR) is 81.5 cm³/mol. The van der Waals surface area contributed by atoms with Crippen LogP contribution < -0.4 is 5.32 Å². The molecule has 4 heteroatoms. The maximum absolute atomic E-state index is 11.6. The lowest BCUT2D eigenvalue weighted by Crippen LogP contribution is -2.28. The topological polar surface area (TPSA) is 46.9 Å². The summed E-state index contributed by atoms with van der Waals surface area (Å²) in [5.74, 6) is 1.01. The third-order valence-corrected chi connectivity index (χ3v) is 3.51. The first-order valence-corrected chi connectivity index (χ1v) is 7.41. The highest BCUT2D eigenvalue weighted by atomic mass is 16.1. The van der Waals surface area contributed by atoms with Gasteiger partial charge in [0.25, 0.3) is 0 Å². The first kappa shape index (κ1) is 14.6. The van der Waals surface area contributed by atoms with Gasteiger partial charge in [0, 0.05) is 13.0 Å². The van der Waals surface area contributed by atoms with Gasteiger partial charge in [-0.1, -0.05) is 32.4 Å². The van der Waals surface area contributed by atoms with Gasteiger partial charge in [0.15, 0.2) is 0 Å². The third kappa shape index (κ3) is 3.00. The molecule has 1 atom stereocenters. The molecule has 0 spiro atoms. The number of hydrogen-bond donors (Lipinski definition) is 1. The fraction of sp³-hybridized carbons (Fsp3) is 0.500. The number of carbonyl (C=O) groups is 1. The molecule has 20 heavy (non-hydrogen) atoms. The zero-order valence-electron chi connectivity index (χ0n) is 12.5. The van der Waals surface area contributed by atoms with E-state index in [1.807, 2.05) is 32.0 Å². The van der Waals surface area contributed by atoms with Gasteiger partial charge in [-0.3, -0.25) is 4.79 Å². The molecule has 4 nitrogen and oxygen atoms in total. The van der Waals surface area contributed by atoms with Crippen LogP contribution in [-0.4, -0.2) is 15.5 Å². The van der Waals surface area contributed by atoms with E-state index in [0.29, 0.717) is 6.42 Å². The van der Waals surface area contributed by atoms with Crippen molar-refractivity contribution in [2.45, 2.75) is 52.6 Å². The van der Waals surface area contributed by atoms with E-state index in [4.69, 9.17) is 4.98 Å². The zero-order chi connectivity index (χ0) is 14.5. The second-order valence-electron chi connectivity index (χ2n) is 5.11. The fourth-order valence-electron chi connectivity index (χ4n) is 2.38. The van der Waals surface area contributed by atoms with Crippen LogP contribution >= 0.6 is 0 Å². The summed E-state index contributed by atoms with van der Waals surface area (Å²) in [4.78, 5) is 16.3. The van der Waals surface area contributed by atoms with Crippen molar-refractivity contribution in [2.75, 3.05) is 0 Å². The normalized spacial score (nSPS) is 12.6. The number of rotatable bonds is 6. The summed E-state index contributed by atoms with van der Waals surface area (Å²) in [5, 5.41) is 3.00. The zero-order valence-corrected chi connectivity index (χ0v) is 12.5. The largest absolute Gasteiger partial charge is 0.346 e. The highest BCUT2D eigenvalue weighted by molar-refractivity contribution is 5.77. The summed E-state index contributed by atoms with van der Waals surface area (Å²) in [6.45, 7) is 6.99. The number of aromatic nitrogens is 2. The van der Waals surface area contributed by atoms with Crippen LogP contribution in [0.3, 0.4) is 0 Å². The maximum atomic E-state index is 11.6. The molecule has 0 saturated carbocycles. The smallest absolute Gasteiger partial charge is 0.220 e. The van der Waals surface area contributed by atoms with Crippen molar-refractivity contribution in [2.24, 2.45) is 0 Å². The molecule has 0 saturated heterocycles. The van der Waals surface area contributed by atoms with Crippen LogP contribution in [0.25, 0.3) is 11.0 Å². The van der Waals surface area contributed by atoms with Crippen molar-refractivity contribution >= 4 is 16.9 Å². The lowest BCUT2D eigenvalue weighted by atomic mass is 10.2. The van der Waals surface area contributed by atoms with Crippen molar-refractivity contribution in [1.29, 1.82) is 0 Å². The van der Waals surface area contributed by atoms with Gasteiger partial charge in [0.1, 0.15) is 5.82 Å². The van der Waals surface area contributed by atoms with E-state index in [2.05, 4.69) is 22.9 Å². The summed E-state index contributed by atoms with van der Waals surface area (Å²) in [5.41, 5.74) is 2.14. The molecule has 2 rings (SSSR count). The molecule has 0 aliphatic heterocycles. The lowest BCUT2D eigenvalue weighted by Gasteiger charge is -2.15. The first-order valence-electron chi connectivity index (χ1n) is 7.41. The number of aryl methyl sites for hydroxylation is 1. The van der Waals surface area contributed by atoms with E-state index < -0.39 is 0 Å². The summed E-state index contributed by atoms with van der Waals surface area (Å²) < 4.78 is 2.24. The molecule has 0 fully saturated rings. The number of para-hydroxylation sites is 2. The summed E-state index contributed by atoms with van der Waals surface area (Å²) in [7, 11) is 0. The number of carbonyl (C=O) groups excluding carboxylic acids is 1. The molecule has 0 bridgehead atoms. The average molecular weight is 273 g/mol. The van der Waals surface area contributed by atoms with Gasteiger partial charge < -0.3 is 9.88 Å². The number of hydrogen-bond acceptors (Lipinski definition) is 2. The Labute approximate surface area is 120 Å². The molecule has 0 aliphatic carbocycles. The van der Waals surface area contributed by atoms with E-state index in [1.165, 1.54) is 0 Å². The van der Waals surface area contributed by atoms with Crippen molar-refractivity contribution in [3.05, 3.63) is 30.1 Å². The molecular weight excluding hydrogens is 250 g/mol. The predicted octanol–water partition coefficient (Wildman–Crippen LogP) is 3.42. The Morgan fingerprint density at radius 2 is 2.10 bits per heavy atom. The molecule has 1 amide bonds. The van der Waals surface area contributed by atoms with E-state index in [9.17, 15) is 4.79 Å². The fourth-order valence-corrected chi connectivity index (χ4v) is 2.38. The van der Waals surface area contributed by atoms with Gasteiger partial charge in [-0.15, -0.1) is 0 Å². The molecule has 1 heterocycles. The number of benzene rings is 1. The molecule has 1 aromatic carbocycles. The first-order chi connectivity index (χ1) is 9.67. The Morgan fingerprint density at radius 3 is 2.80 bits per heavy atom. The molecule has 108 valence electrons. The molecule has 1 aromatic heterocycles. The van der Waals surface area contributed by atoms with E-state index in [-0.39, 0.29) is 11.9 Å². The second kappa shape index (κ2) is 6.55. The Balaban J connectivity index is 2.37. The van der Waals surface area contributed by atoms with E-state index >= 15 is 0 Å². The van der Waals surface area contributed by atoms with Gasteiger partial charge in [-0.25, -0.2) is 4.98 Å². The monoisotopic (exact) mass is 273 g/mol. The minimum Gasteiger partial charge on any atom is -0.346 e. The van der Waals surface area contributed by atoms with E-state index in [0.717, 1.165) is 36.2 Å². The summed E-state index contributed by atoms with van der Waals surface area (Å²) in [6.07, 6.45) is 2.75. The van der Waals surface area contributed by atoms with Gasteiger partial charge in [-0.2, -0.15) is 0 Å². The van der Waals surface area contributed by atoms with Crippen molar-refractivity contribution < 1.29 is 4.79 Å². The van der Waals surface area contributed by atoms with Gasteiger partial charge in [0.2, 0.25) is 5.91 Å². The molecule has 0 aliphatic rings. The SMILES string of the molecule is CCCCn1c([C@@H](C)NC(=O)CC)nc2ccccc21. The Hall–Kier alpha value is -1.84. The highest BCUT2D eigenvalue weighted by Gasteiger charge is 2.17. The van der Waals surface area contributed by atoms with Crippen molar-refractivity contribution in [3.8, 4) is 0 Å². The van der Waals surface area contributed by atoms with Crippen LogP contribution in [-0.2, 0) is 11.3 Å². The lowest BCUT2D eigenvalue weighted by molar-refractivity contribution is -0.121. The second-order valence-corrected chi connectivity index (χ2v) is 5.11. The minimum absolute atomic E-state index is 0.0617. The number of imidazole rings is 1. The Bertz CT molecular complexity index is 588. The van der Waals surface area contributed by atoms with Crippen LogP contribution in [0.5, 0.6) is 0 Å². The Kier molecular flexibility index (Phi) is 4.77. The number of nitrogens with zero attached hydrogens (tertiary/aromatic N) is 2. The minimum atomic E-state index is -0.0632. The summed E-state index contributed by atoms with van der Waals surface area (Å²) >= 11 is 0. The van der Waals surface area contributed by atoms with Gasteiger partial charge in [0.05, 0.1) is 17.1 Å². The molecular formula is C16H23N3O. The van der Waals surface area contributed by atoms with Crippen molar-refractivity contribution in [1.82, 2.24) is 14.9 Å². The van der Waals surface area contributed by atoms with Crippen molar-refractivity contribution in [3.63, 3.8) is 0 Å². The number of nitrogens with one attached hydrogen (secondary N) is 1. The number of unbranched alkanes of at least 4 members (excludes halogenated alkanes) is 1. The summed E-state index contributed by atoms with van der Waals surface area (Å²) in [6, 6.07) is 8.09. The van der Waals surface area contributed by atoms with Crippen LogP contribution in [0, 0.1) is 0 Å². The van der Waals surface area contributed by atoms with Gasteiger partial charge >= 0.3 is 0 Å². The van der Waals surface area contributed by atoms with Crippen LogP contribution in [0.2, 0.25) is 0 Å². The molecule has 0 radical (unpaired) electrons. The van der Waals surface area contributed by atoms with Crippen LogP contribution in [0.1, 0.15) is 51.9 Å². The number of amides is 1. The standard InChI is InChI=1S/C16H23N3O/c1-4-6-11-19-14-10-8-7-9-13(14)18-16(19)12(3)17-15(20)5-2/h7-10,12H,4-6,11H2,1-3H3,(H,17,20)/t12-/m1/s1. The van der Waals surface area contributed by atoms with Crippen LogP contribution in [0.4, 0.5) is 0 Å². The third-order valence-electron chi connectivity index (χ3n) is 3.51. The number of fused-ring (bicyclic) bond motifs is 1. The molecule has 1 N–H and O–H groups in total. The maximum Gasteiger partial charge on any atom is 0.220 e. The average Bonchev–Trinajstić information content (AvgIpc) is 2.83. The molecule has 0 unspecified atom stereocenters. The Morgan fingerprint density at radius 1 is 1.35 bits per heavy atom. The van der Waals surface area contributed by atoms with Crippen LogP contribution in [0.15, 0.2) is 24.3 Å². The molecule has 2 aromatic rings. The highest BCUT2D eigenvalue weighted by Crippen LogP contribution is 2.21.